The summed E-state index contributed by atoms with van der Waals surface area (Å²) in [6.45, 7) is 10.1. The Balaban J connectivity index is 1.70. The lowest BCUT2D eigenvalue weighted by Gasteiger charge is -2.35. The lowest BCUT2D eigenvalue weighted by molar-refractivity contribution is -0.0172. The molecule has 0 spiro atoms. The van der Waals surface area contributed by atoms with E-state index in [1.807, 2.05) is 51.1 Å². The van der Waals surface area contributed by atoms with Crippen molar-refractivity contribution in [3.8, 4) is 11.4 Å². The minimum atomic E-state index is -3.38. The Bertz CT molecular complexity index is 1570. The smallest absolute Gasteiger partial charge is 0.258 e. The van der Waals surface area contributed by atoms with Crippen molar-refractivity contribution in [1.29, 1.82) is 0 Å². The van der Waals surface area contributed by atoms with Gasteiger partial charge >= 0.3 is 0 Å². The number of aliphatic hydroxyl groups is 1. The summed E-state index contributed by atoms with van der Waals surface area (Å²) in [7, 11) is -3.38. The summed E-state index contributed by atoms with van der Waals surface area (Å²) >= 11 is 0. The van der Waals surface area contributed by atoms with Crippen LogP contribution in [-0.4, -0.2) is 46.2 Å². The van der Waals surface area contributed by atoms with Gasteiger partial charge in [0, 0.05) is 29.1 Å². The molecule has 190 valence electrons. The van der Waals surface area contributed by atoms with Crippen LogP contribution in [0.4, 0.5) is 0 Å². The Morgan fingerprint density at radius 1 is 1.28 bits per heavy atom. The third-order valence-corrected chi connectivity index (χ3v) is 8.92. The van der Waals surface area contributed by atoms with E-state index in [-0.39, 0.29) is 24.0 Å². The first-order chi connectivity index (χ1) is 17.0. The normalized spacial score (nSPS) is 18.9. The van der Waals surface area contributed by atoms with Crippen LogP contribution in [0.2, 0.25) is 0 Å². The third kappa shape index (κ3) is 3.68. The number of benzene rings is 1. The number of hydrogen-bond acceptors (Lipinski definition) is 6. The van der Waals surface area contributed by atoms with E-state index in [1.165, 1.54) is 10.6 Å². The Morgan fingerprint density at radius 2 is 2.00 bits per heavy atom. The number of aromatic nitrogens is 2. The lowest BCUT2D eigenvalue weighted by atomic mass is 9.84. The molecule has 9 heteroatoms. The molecule has 0 fully saturated rings. The molecule has 4 heterocycles. The Labute approximate surface area is 210 Å². The molecule has 2 aliphatic rings. The summed E-state index contributed by atoms with van der Waals surface area (Å²) in [5, 5.41) is 12.3. The van der Waals surface area contributed by atoms with Crippen molar-refractivity contribution in [2.45, 2.75) is 58.4 Å². The molecule has 8 nitrogen and oxygen atoms in total. The Kier molecular flexibility index (Phi) is 5.85. The monoisotopic (exact) mass is 509 g/mol. The fourth-order valence-electron chi connectivity index (χ4n) is 5.54. The van der Waals surface area contributed by atoms with E-state index in [0.717, 1.165) is 22.0 Å². The number of pyridine rings is 2. The van der Waals surface area contributed by atoms with Gasteiger partial charge in [0.25, 0.3) is 5.56 Å². The molecule has 0 saturated carbocycles. The van der Waals surface area contributed by atoms with Crippen molar-refractivity contribution in [2.24, 2.45) is 0 Å². The molecule has 1 aromatic carbocycles. The topological polar surface area (TPSA) is 102 Å². The quantitative estimate of drug-likeness (QED) is 0.428. The molecule has 36 heavy (non-hydrogen) atoms. The van der Waals surface area contributed by atoms with Crippen LogP contribution in [0.25, 0.3) is 22.3 Å². The van der Waals surface area contributed by atoms with Crippen LogP contribution in [0.15, 0.2) is 47.5 Å². The molecule has 0 amide bonds. The van der Waals surface area contributed by atoms with Gasteiger partial charge in [0.2, 0.25) is 10.0 Å². The van der Waals surface area contributed by atoms with Crippen molar-refractivity contribution in [3.63, 3.8) is 0 Å². The van der Waals surface area contributed by atoms with Gasteiger partial charge in [-0.25, -0.2) is 13.4 Å². The Morgan fingerprint density at radius 3 is 2.67 bits per heavy atom. The molecule has 0 radical (unpaired) electrons. The van der Waals surface area contributed by atoms with Crippen LogP contribution in [0.3, 0.4) is 0 Å². The van der Waals surface area contributed by atoms with E-state index in [1.54, 1.807) is 4.57 Å². The van der Waals surface area contributed by atoms with Crippen LogP contribution >= 0.6 is 0 Å². The van der Waals surface area contributed by atoms with Crippen LogP contribution in [0.1, 0.15) is 49.4 Å². The molecule has 0 aliphatic carbocycles. The molecule has 1 atom stereocenters. The van der Waals surface area contributed by atoms with E-state index < -0.39 is 15.6 Å². The van der Waals surface area contributed by atoms with E-state index in [0.29, 0.717) is 48.4 Å². The average Bonchev–Trinajstić information content (AvgIpc) is 3.19. The minimum absolute atomic E-state index is 0.0614. The average molecular weight is 510 g/mol. The van der Waals surface area contributed by atoms with Gasteiger partial charge in [-0.2, -0.15) is 4.31 Å². The number of rotatable bonds is 6. The van der Waals surface area contributed by atoms with Gasteiger partial charge in [-0.15, -0.1) is 0 Å². The molecular formula is C27H31N3O5S. The van der Waals surface area contributed by atoms with Crippen LogP contribution in [-0.2, 0) is 39.9 Å². The maximum absolute atomic E-state index is 13.6. The van der Waals surface area contributed by atoms with Gasteiger partial charge in [0.1, 0.15) is 18.0 Å². The number of fused-ring (bicyclic) bond motifs is 5. The van der Waals surface area contributed by atoms with Gasteiger partial charge in [-0.1, -0.05) is 31.7 Å². The SMILES string of the molecule is C=C1OCc2c(cc3n(c2=O)Cc2c-3nc3ccccc3c2CCN(C(C)C)S(C)(=O)=O)[C@@]1(O)CC. The predicted molar refractivity (Wildman–Crippen MR) is 139 cm³/mol. The number of para-hydroxylation sites is 1. The first-order valence-corrected chi connectivity index (χ1v) is 14.0. The zero-order valence-corrected chi connectivity index (χ0v) is 21.9. The summed E-state index contributed by atoms with van der Waals surface area (Å²) in [6, 6.07) is 9.44. The maximum atomic E-state index is 13.6. The van der Waals surface area contributed by atoms with Crippen molar-refractivity contribution >= 4 is 20.9 Å². The molecular weight excluding hydrogens is 478 g/mol. The predicted octanol–water partition coefficient (Wildman–Crippen LogP) is 3.28. The highest BCUT2D eigenvalue weighted by atomic mass is 32.2. The number of sulfonamides is 1. The fourth-order valence-corrected chi connectivity index (χ4v) is 6.73. The molecule has 2 aliphatic heterocycles. The standard InChI is InChI=1S/C27H31N3O5S/c1-6-27(32)17(4)35-15-21-22(27)13-24-25-20(14-29(24)26(21)31)18(19-9-7-8-10-23(19)28-25)11-12-30(16(2)3)36(5,33)34/h7-10,13,16,32H,4,6,11-12,14-15H2,1-3,5H3/t27-/m1/s1. The van der Waals surface area contributed by atoms with Crippen molar-refractivity contribution < 1.29 is 18.3 Å². The molecule has 5 rings (SSSR count). The van der Waals surface area contributed by atoms with Gasteiger partial charge in [0.15, 0.2) is 0 Å². The second kappa shape index (κ2) is 8.54. The van der Waals surface area contributed by atoms with Crippen LogP contribution in [0, 0.1) is 0 Å². The number of ether oxygens (including phenoxy) is 1. The molecule has 3 aromatic rings. The zero-order chi connectivity index (χ0) is 26.0. The summed E-state index contributed by atoms with van der Waals surface area (Å²) < 4.78 is 33.6. The maximum Gasteiger partial charge on any atom is 0.258 e. The molecule has 2 aromatic heterocycles. The second-order valence-electron chi connectivity index (χ2n) is 9.89. The first kappa shape index (κ1) is 24.7. The minimum Gasteiger partial charge on any atom is -0.490 e. The summed E-state index contributed by atoms with van der Waals surface area (Å²) in [5.41, 5.74) is 3.29. The molecule has 0 saturated heterocycles. The van der Waals surface area contributed by atoms with Crippen molar-refractivity contribution in [1.82, 2.24) is 13.9 Å². The Hall–Kier alpha value is -3.01. The second-order valence-corrected chi connectivity index (χ2v) is 11.8. The van der Waals surface area contributed by atoms with Crippen molar-refractivity contribution in [2.75, 3.05) is 12.8 Å². The fraction of sp³-hybridized carbons (Fsp3) is 0.407. The van der Waals surface area contributed by atoms with E-state index in [9.17, 15) is 18.3 Å². The first-order valence-electron chi connectivity index (χ1n) is 12.2. The number of nitrogens with zero attached hydrogens (tertiary/aromatic N) is 3. The summed E-state index contributed by atoms with van der Waals surface area (Å²) in [5.74, 6) is 0.238. The zero-order valence-electron chi connectivity index (χ0n) is 21.0. The summed E-state index contributed by atoms with van der Waals surface area (Å²) in [4.78, 5) is 18.5. The highest BCUT2D eigenvalue weighted by Gasteiger charge is 2.41. The van der Waals surface area contributed by atoms with E-state index in [2.05, 4.69) is 6.58 Å². The van der Waals surface area contributed by atoms with Gasteiger partial charge in [-0.3, -0.25) is 4.79 Å². The summed E-state index contributed by atoms with van der Waals surface area (Å²) in [6.07, 6.45) is 2.03. The van der Waals surface area contributed by atoms with Gasteiger partial charge in [0.05, 0.1) is 35.3 Å². The van der Waals surface area contributed by atoms with Gasteiger partial charge < -0.3 is 14.4 Å². The number of hydrogen-bond donors (Lipinski definition) is 1. The largest absolute Gasteiger partial charge is 0.490 e. The molecule has 1 N–H and O–H groups in total. The molecule has 0 unspecified atom stereocenters. The van der Waals surface area contributed by atoms with Crippen LogP contribution < -0.4 is 5.56 Å². The van der Waals surface area contributed by atoms with E-state index in [4.69, 9.17) is 9.72 Å². The third-order valence-electron chi connectivity index (χ3n) is 7.46. The highest BCUT2D eigenvalue weighted by molar-refractivity contribution is 7.88. The van der Waals surface area contributed by atoms with Crippen LogP contribution in [0.5, 0.6) is 0 Å². The van der Waals surface area contributed by atoms with Gasteiger partial charge in [-0.05, 0) is 44.4 Å². The van der Waals surface area contributed by atoms with Crippen molar-refractivity contribution in [3.05, 3.63) is 75.3 Å². The lowest BCUT2D eigenvalue weighted by Crippen LogP contribution is -2.38. The highest BCUT2D eigenvalue weighted by Crippen LogP contribution is 2.42. The molecule has 0 bridgehead atoms. The van der Waals surface area contributed by atoms with E-state index >= 15 is 0 Å².